The lowest BCUT2D eigenvalue weighted by Crippen LogP contribution is -2.44. The highest BCUT2D eigenvalue weighted by Gasteiger charge is 2.27. The Morgan fingerprint density at radius 2 is 1.64 bits per heavy atom. The second-order valence-corrected chi connectivity index (χ2v) is 15.9. The van der Waals surface area contributed by atoms with E-state index in [2.05, 4.69) is 32.0 Å². The Kier molecular flexibility index (Phi) is 9.87. The van der Waals surface area contributed by atoms with Crippen molar-refractivity contribution in [3.05, 3.63) is 87.5 Å². The number of guanidine groups is 1. The molecule has 5 rings (SSSR count). The van der Waals surface area contributed by atoms with Crippen LogP contribution >= 0.6 is 22.6 Å². The molecule has 1 fully saturated rings. The van der Waals surface area contributed by atoms with Crippen LogP contribution in [0.3, 0.4) is 0 Å². The normalized spacial score (nSPS) is 15.9. The summed E-state index contributed by atoms with van der Waals surface area (Å²) in [7, 11) is -7.61. The minimum Gasteiger partial charge on any atom is -0.370 e. The summed E-state index contributed by atoms with van der Waals surface area (Å²) >= 11 is 2.14. The van der Waals surface area contributed by atoms with Gasteiger partial charge in [0.05, 0.1) is 9.79 Å². The van der Waals surface area contributed by atoms with Gasteiger partial charge in [-0.1, -0.05) is 35.9 Å². The van der Waals surface area contributed by atoms with Crippen molar-refractivity contribution >= 4 is 65.3 Å². The molecule has 0 bridgehead atoms. The molecule has 5 N–H and O–H groups in total. The van der Waals surface area contributed by atoms with E-state index in [4.69, 9.17) is 11.1 Å². The third-order valence-corrected chi connectivity index (χ3v) is 11.5. The minimum atomic E-state index is -3.93. The van der Waals surface area contributed by atoms with Crippen LogP contribution in [0.4, 0.5) is 5.82 Å². The summed E-state index contributed by atoms with van der Waals surface area (Å²) in [4.78, 5) is 2.22. The summed E-state index contributed by atoms with van der Waals surface area (Å²) in [6.07, 6.45) is 2.72. The number of nitrogens with one attached hydrogen (secondary N) is 3. The predicted octanol–water partition coefficient (Wildman–Crippen LogP) is 4.87. The zero-order valence-corrected chi connectivity index (χ0v) is 28.3. The molecule has 1 saturated heterocycles. The first-order chi connectivity index (χ1) is 20.9. The fraction of sp³-hybridized carbons (Fsp3) is 0.323. The number of aryl methyl sites for hydroxylation is 2. The van der Waals surface area contributed by atoms with Gasteiger partial charge < -0.3 is 15.2 Å². The molecule has 0 aliphatic carbocycles. The summed E-state index contributed by atoms with van der Waals surface area (Å²) in [6.45, 7) is 3.97. The van der Waals surface area contributed by atoms with Gasteiger partial charge in [-0.2, -0.15) is 0 Å². The molecule has 0 saturated carbocycles. The number of hydrogen-bond donors (Lipinski definition) is 4. The number of likely N-dealkylation sites (tertiary alicyclic amines) is 1. The topological polar surface area (TPSA) is 150 Å². The third kappa shape index (κ3) is 7.38. The molecule has 0 spiro atoms. The Balaban J connectivity index is 1.47. The maximum Gasteiger partial charge on any atom is 0.263 e. The average Bonchev–Trinajstić information content (AvgIpc) is 3.27. The number of sulfonamides is 2. The minimum absolute atomic E-state index is 0.0421. The molecule has 4 aromatic rings. The highest BCUT2D eigenvalue weighted by Crippen LogP contribution is 2.35. The van der Waals surface area contributed by atoms with Crippen molar-refractivity contribution in [1.82, 2.24) is 14.2 Å². The smallest absolute Gasteiger partial charge is 0.263 e. The van der Waals surface area contributed by atoms with E-state index in [1.165, 1.54) is 0 Å². The van der Waals surface area contributed by atoms with Crippen molar-refractivity contribution in [3.63, 3.8) is 0 Å². The van der Waals surface area contributed by atoms with Gasteiger partial charge in [0.25, 0.3) is 10.0 Å². The number of nitrogens with two attached hydrogens (primary N) is 1. The first kappa shape index (κ1) is 32.3. The van der Waals surface area contributed by atoms with E-state index in [0.717, 1.165) is 45.0 Å². The van der Waals surface area contributed by atoms with Gasteiger partial charge in [0.1, 0.15) is 5.82 Å². The van der Waals surface area contributed by atoms with E-state index in [0.29, 0.717) is 31.7 Å². The Morgan fingerprint density at radius 1 is 0.977 bits per heavy atom. The van der Waals surface area contributed by atoms with Gasteiger partial charge in [-0.15, -0.1) is 0 Å². The molecule has 13 heteroatoms. The lowest BCUT2D eigenvalue weighted by Gasteiger charge is -2.33. The Hall–Kier alpha value is -3.14. The molecular weight excluding hydrogens is 711 g/mol. The van der Waals surface area contributed by atoms with Gasteiger partial charge in [0, 0.05) is 46.2 Å². The average molecular weight is 749 g/mol. The molecule has 2 heterocycles. The van der Waals surface area contributed by atoms with E-state index in [-0.39, 0.29) is 28.2 Å². The Morgan fingerprint density at radius 3 is 2.34 bits per heavy atom. The molecular formula is C31H37IN6O4S2. The third-order valence-electron chi connectivity index (χ3n) is 7.96. The lowest BCUT2D eigenvalue weighted by molar-refractivity contribution is 0.237. The second-order valence-electron chi connectivity index (χ2n) is 11.2. The molecule has 1 atom stereocenters. The number of fused-ring (bicyclic) bond motifs is 1. The monoisotopic (exact) mass is 748 g/mol. The van der Waals surface area contributed by atoms with E-state index in [1.54, 1.807) is 48.5 Å². The second kappa shape index (κ2) is 13.5. The van der Waals surface area contributed by atoms with Crippen LogP contribution in [-0.4, -0.2) is 51.9 Å². The number of hydrogen-bond acceptors (Lipinski definition) is 5. The Bertz CT molecular complexity index is 1860. The van der Waals surface area contributed by atoms with E-state index < -0.39 is 20.0 Å². The summed E-state index contributed by atoms with van der Waals surface area (Å²) in [5.41, 5.74) is 8.48. The molecule has 0 radical (unpaired) electrons. The number of halogens is 1. The SMILES string of the molecule is Cc1ccc(S(=O)(=O)NCCCc2c(NS(=O)(=O)c3ccc(I)cc3)n(C[C@H]3CCCN(C(=N)N)C3)c3ccccc23)cc1. The fourth-order valence-corrected chi connectivity index (χ4v) is 8.23. The van der Waals surface area contributed by atoms with Crippen LogP contribution in [0, 0.1) is 21.8 Å². The number of benzene rings is 3. The number of rotatable bonds is 11. The van der Waals surface area contributed by atoms with Crippen molar-refractivity contribution in [2.24, 2.45) is 11.7 Å². The predicted molar refractivity (Wildman–Crippen MR) is 183 cm³/mol. The summed E-state index contributed by atoms with van der Waals surface area (Å²) in [5, 5.41) is 8.83. The van der Waals surface area contributed by atoms with Crippen molar-refractivity contribution in [2.45, 2.75) is 48.9 Å². The molecule has 44 heavy (non-hydrogen) atoms. The van der Waals surface area contributed by atoms with Gasteiger partial charge in [0.15, 0.2) is 5.96 Å². The van der Waals surface area contributed by atoms with Crippen molar-refractivity contribution < 1.29 is 16.8 Å². The van der Waals surface area contributed by atoms with Crippen LogP contribution in [0.1, 0.15) is 30.4 Å². The van der Waals surface area contributed by atoms with Crippen molar-refractivity contribution in [1.29, 1.82) is 5.41 Å². The molecule has 1 aliphatic rings. The molecule has 10 nitrogen and oxygen atoms in total. The van der Waals surface area contributed by atoms with Crippen LogP contribution in [0.2, 0.25) is 0 Å². The summed E-state index contributed by atoms with van der Waals surface area (Å²) < 4.78 is 61.7. The number of anilines is 1. The molecule has 1 aliphatic heterocycles. The first-order valence-corrected chi connectivity index (χ1v) is 18.5. The summed E-state index contributed by atoms with van der Waals surface area (Å²) in [5.74, 6) is 0.672. The molecule has 0 unspecified atom stereocenters. The first-order valence-electron chi connectivity index (χ1n) is 14.5. The molecule has 3 aromatic carbocycles. The van der Waals surface area contributed by atoms with E-state index in [9.17, 15) is 16.8 Å². The van der Waals surface area contributed by atoms with Crippen molar-refractivity contribution in [2.75, 3.05) is 24.4 Å². The standard InChI is InChI=1S/C31H37IN6O4S2/c1-22-10-14-25(15-11-22)43(39,40)35-18-4-8-28-27-7-2-3-9-29(27)38(21-23-6-5-19-37(20-23)31(33)34)30(28)36-44(41,42)26-16-12-24(32)13-17-26/h2-3,7,9-17,23,35-36H,4-6,8,18-21H2,1H3,(H3,33,34)/t23-/m0/s1. The van der Waals surface area contributed by atoms with Crippen LogP contribution in [0.25, 0.3) is 10.9 Å². The van der Waals surface area contributed by atoms with Gasteiger partial charge in [0.2, 0.25) is 10.0 Å². The van der Waals surface area contributed by atoms with E-state index >= 15 is 0 Å². The number of aromatic nitrogens is 1. The number of nitrogens with zero attached hydrogens (tertiary/aromatic N) is 2. The number of piperidine rings is 1. The molecule has 1 aromatic heterocycles. The van der Waals surface area contributed by atoms with Gasteiger partial charge in [-0.05, 0) is 104 Å². The quantitative estimate of drug-likeness (QED) is 0.0745. The van der Waals surface area contributed by atoms with Crippen LogP contribution < -0.4 is 15.2 Å². The van der Waals surface area contributed by atoms with Gasteiger partial charge in [-0.3, -0.25) is 10.1 Å². The molecule has 0 amide bonds. The maximum absolute atomic E-state index is 13.7. The zero-order valence-electron chi connectivity index (χ0n) is 24.5. The van der Waals surface area contributed by atoms with E-state index in [1.807, 2.05) is 40.7 Å². The zero-order chi connectivity index (χ0) is 31.5. The maximum atomic E-state index is 13.7. The van der Waals surface area contributed by atoms with Crippen LogP contribution in [0.15, 0.2) is 82.6 Å². The summed E-state index contributed by atoms with van der Waals surface area (Å²) in [6, 6.07) is 21.2. The Labute approximate surface area is 272 Å². The molecule has 234 valence electrons. The largest absolute Gasteiger partial charge is 0.370 e. The van der Waals surface area contributed by atoms with Crippen LogP contribution in [-0.2, 0) is 33.0 Å². The highest BCUT2D eigenvalue weighted by atomic mass is 127. The highest BCUT2D eigenvalue weighted by molar-refractivity contribution is 14.1. The van der Waals surface area contributed by atoms with Crippen LogP contribution in [0.5, 0.6) is 0 Å². The lowest BCUT2D eigenvalue weighted by atomic mass is 9.98. The van der Waals surface area contributed by atoms with Crippen molar-refractivity contribution in [3.8, 4) is 0 Å². The van der Waals surface area contributed by atoms with Gasteiger partial charge >= 0.3 is 0 Å². The number of para-hydroxylation sites is 1. The van der Waals surface area contributed by atoms with Gasteiger partial charge in [-0.25, -0.2) is 21.6 Å². The fourth-order valence-electron chi connectivity index (χ4n) is 5.70.